The quantitative estimate of drug-likeness (QED) is 0.0489. The first-order valence-electron chi connectivity index (χ1n) is 25.5. The number of rotatable bonds is 22. The summed E-state index contributed by atoms with van der Waals surface area (Å²) in [6.45, 7) is 29.8. The van der Waals surface area contributed by atoms with Gasteiger partial charge in [0.05, 0.1) is 14.5 Å². The van der Waals surface area contributed by atoms with Crippen LogP contribution in [0.1, 0.15) is 209 Å². The molecule has 6 heterocycles. The Morgan fingerprint density at radius 2 is 1.08 bits per heavy atom. The SMILES string of the molecule is CC.CCCCCCCCCC(=O)c1cc2c(C(C)(C)C)sc(-c3cc4c(-c5ccc(CC(CC)CCCC)s5)c5sc(C(C)(C)C)cc5c(-c5ccc(CC(CC)CC)s5)c4s3)c2s1. The minimum atomic E-state index is -0.0247. The van der Waals surface area contributed by atoms with Crippen LogP contribution in [0.5, 0.6) is 0 Å². The number of Topliss-reactive ketones (excluding diaryl/α,β-unsaturated/α-hetero) is 1. The first-order valence-corrected chi connectivity index (χ1v) is 30.4. The van der Waals surface area contributed by atoms with E-state index < -0.39 is 0 Å². The largest absolute Gasteiger partial charge is 0.293 e. The molecule has 1 aromatic carbocycles. The van der Waals surface area contributed by atoms with Crippen LogP contribution in [0.3, 0.4) is 0 Å². The van der Waals surface area contributed by atoms with E-state index in [0.717, 1.165) is 36.0 Å². The lowest BCUT2D eigenvalue weighted by molar-refractivity contribution is 0.0983. The third-order valence-electron chi connectivity index (χ3n) is 13.3. The average molecular weight is 986 g/mol. The van der Waals surface area contributed by atoms with Crippen molar-refractivity contribution in [1.29, 1.82) is 0 Å². The van der Waals surface area contributed by atoms with Crippen molar-refractivity contribution >= 4 is 104 Å². The number of carbonyl (C=O) groups excluding carboxylic acids is 1. The third kappa shape index (κ3) is 12.2. The summed E-state index contributed by atoms with van der Waals surface area (Å²) < 4.78 is 4.16. The van der Waals surface area contributed by atoms with E-state index in [1.807, 2.05) is 70.5 Å². The van der Waals surface area contributed by atoms with Crippen LogP contribution in [0, 0.1) is 11.8 Å². The Kier molecular flexibility index (Phi) is 18.8. The van der Waals surface area contributed by atoms with Gasteiger partial charge in [-0.2, -0.15) is 0 Å². The molecule has 0 N–H and O–H groups in total. The van der Waals surface area contributed by atoms with E-state index in [4.69, 9.17) is 0 Å². The Labute approximate surface area is 418 Å². The molecule has 0 bridgehead atoms. The Hall–Kier alpha value is -2.13. The number of fused-ring (bicyclic) bond motifs is 3. The molecule has 354 valence electrons. The Bertz CT molecular complexity index is 2590. The van der Waals surface area contributed by atoms with Crippen LogP contribution in [0.25, 0.3) is 60.9 Å². The summed E-state index contributed by atoms with van der Waals surface area (Å²) in [5.74, 6) is 1.79. The van der Waals surface area contributed by atoms with E-state index in [0.29, 0.717) is 12.2 Å². The highest BCUT2D eigenvalue weighted by Gasteiger charge is 2.30. The standard InChI is InChI=1S/C56H74OS6.C2H6/c1-12-17-19-20-21-22-23-25-42(57)45-33-41-52(60-45)53(63-54(41)56(9,10)11)46-32-39-48(43-29-27-38(59-43)31-36(16-5)24-18-13-2)51-40(34-47(62-51)55(6,7)8)49(50(39)61-46)44-28-26-37(58-44)30-35(14-3)15-4;1-2/h26-29,32-36H,12-25,30-31H2,1-11H3;1-2H3. The first kappa shape index (κ1) is 52.2. The zero-order valence-corrected chi connectivity index (χ0v) is 47.3. The predicted octanol–water partition coefficient (Wildman–Crippen LogP) is 22.2. The molecule has 1 unspecified atom stereocenters. The van der Waals surface area contributed by atoms with Crippen LogP contribution in [-0.4, -0.2) is 5.78 Å². The molecule has 0 aliphatic heterocycles. The molecule has 1 nitrogen and oxygen atoms in total. The summed E-state index contributed by atoms with van der Waals surface area (Å²) in [6, 6.07) is 17.2. The van der Waals surface area contributed by atoms with Gasteiger partial charge in [0.25, 0.3) is 0 Å². The molecule has 0 saturated carbocycles. The van der Waals surface area contributed by atoms with Crippen molar-refractivity contribution in [3.8, 4) is 30.6 Å². The van der Waals surface area contributed by atoms with Gasteiger partial charge >= 0.3 is 0 Å². The molecule has 6 aromatic heterocycles. The van der Waals surface area contributed by atoms with Crippen molar-refractivity contribution < 1.29 is 4.79 Å². The van der Waals surface area contributed by atoms with Gasteiger partial charge in [-0.25, -0.2) is 0 Å². The average Bonchev–Trinajstić information content (AvgIpc) is 4.14. The highest BCUT2D eigenvalue weighted by molar-refractivity contribution is 7.32. The van der Waals surface area contributed by atoms with Crippen molar-refractivity contribution in [1.82, 2.24) is 0 Å². The fraction of sp³-hybridized carbons (Fsp3) is 0.569. The highest BCUT2D eigenvalue weighted by atomic mass is 32.1. The Balaban J connectivity index is 0.00000345. The molecule has 0 fully saturated rings. The monoisotopic (exact) mass is 984 g/mol. The van der Waals surface area contributed by atoms with E-state index in [1.165, 1.54) is 157 Å². The fourth-order valence-corrected chi connectivity index (χ4v) is 17.1. The van der Waals surface area contributed by atoms with Crippen molar-refractivity contribution in [2.24, 2.45) is 11.8 Å². The number of hydrogen-bond acceptors (Lipinski definition) is 7. The van der Waals surface area contributed by atoms with Gasteiger partial charge in [0.15, 0.2) is 5.78 Å². The number of thiophene rings is 6. The van der Waals surface area contributed by atoms with Crippen LogP contribution in [0.2, 0.25) is 0 Å². The molecule has 65 heavy (non-hydrogen) atoms. The number of carbonyl (C=O) groups is 1. The Morgan fingerprint density at radius 3 is 1.65 bits per heavy atom. The van der Waals surface area contributed by atoms with Crippen LogP contribution >= 0.6 is 68.0 Å². The molecular weight excluding hydrogens is 905 g/mol. The van der Waals surface area contributed by atoms with Gasteiger partial charge in [-0.05, 0) is 84.4 Å². The lowest BCUT2D eigenvalue weighted by Gasteiger charge is -2.16. The minimum Gasteiger partial charge on any atom is -0.293 e. The molecule has 1 atom stereocenters. The normalized spacial score (nSPS) is 12.9. The van der Waals surface area contributed by atoms with Gasteiger partial charge in [-0.15, -0.1) is 68.0 Å². The maximum Gasteiger partial charge on any atom is 0.172 e. The minimum absolute atomic E-state index is 0.0247. The van der Waals surface area contributed by atoms with Gasteiger partial charge in [0.2, 0.25) is 0 Å². The molecule has 7 heteroatoms. The summed E-state index contributed by atoms with van der Waals surface area (Å²) in [5.41, 5.74) is 2.88. The smallest absolute Gasteiger partial charge is 0.172 e. The topological polar surface area (TPSA) is 17.1 Å². The van der Waals surface area contributed by atoms with Crippen LogP contribution in [0.4, 0.5) is 0 Å². The van der Waals surface area contributed by atoms with E-state index in [-0.39, 0.29) is 10.8 Å². The predicted molar refractivity (Wildman–Crippen MR) is 303 cm³/mol. The molecule has 0 amide bonds. The maximum atomic E-state index is 13.9. The summed E-state index contributed by atoms with van der Waals surface area (Å²) in [4.78, 5) is 26.2. The lowest BCUT2D eigenvalue weighted by Crippen LogP contribution is -2.08. The second kappa shape index (κ2) is 23.5. The number of hydrogen-bond donors (Lipinski definition) is 0. The lowest BCUT2D eigenvalue weighted by atomic mass is 9.92. The zero-order valence-electron chi connectivity index (χ0n) is 42.4. The zero-order chi connectivity index (χ0) is 47.1. The molecule has 7 aromatic rings. The molecule has 0 aliphatic carbocycles. The van der Waals surface area contributed by atoms with Crippen LogP contribution in [0.15, 0.2) is 42.5 Å². The highest BCUT2D eigenvalue weighted by Crippen LogP contribution is 2.56. The maximum absolute atomic E-state index is 13.9. The van der Waals surface area contributed by atoms with Crippen molar-refractivity contribution in [3.05, 3.63) is 66.9 Å². The van der Waals surface area contributed by atoms with Crippen molar-refractivity contribution in [2.75, 3.05) is 0 Å². The third-order valence-corrected chi connectivity index (χ3v) is 21.4. The van der Waals surface area contributed by atoms with Gasteiger partial charge < -0.3 is 0 Å². The number of unbranched alkanes of at least 4 members (excludes halogenated alkanes) is 7. The molecule has 7 rings (SSSR count). The van der Waals surface area contributed by atoms with Gasteiger partial charge in [-0.1, -0.05) is 167 Å². The van der Waals surface area contributed by atoms with Crippen LogP contribution in [-0.2, 0) is 23.7 Å². The van der Waals surface area contributed by atoms with Gasteiger partial charge in [-0.3, -0.25) is 4.79 Å². The summed E-state index contributed by atoms with van der Waals surface area (Å²) in [6.07, 6.45) is 19.2. The molecule has 0 spiro atoms. The molecule has 0 radical (unpaired) electrons. The van der Waals surface area contributed by atoms with Crippen molar-refractivity contribution in [3.63, 3.8) is 0 Å². The van der Waals surface area contributed by atoms with E-state index in [9.17, 15) is 4.79 Å². The summed E-state index contributed by atoms with van der Waals surface area (Å²) >= 11 is 11.8. The summed E-state index contributed by atoms with van der Waals surface area (Å²) in [5, 5.41) is 4.11. The van der Waals surface area contributed by atoms with E-state index in [1.54, 1.807) is 11.3 Å². The molecular formula is C58H80OS6. The van der Waals surface area contributed by atoms with Gasteiger partial charge in [0, 0.05) is 77.2 Å². The van der Waals surface area contributed by atoms with E-state index in [2.05, 4.69) is 119 Å². The fourth-order valence-electron chi connectivity index (χ4n) is 9.23. The number of ketones is 1. The molecule has 0 saturated heterocycles. The second-order valence-electron chi connectivity index (χ2n) is 20.4. The Morgan fingerprint density at radius 1 is 0.523 bits per heavy atom. The van der Waals surface area contributed by atoms with Gasteiger partial charge in [0.1, 0.15) is 0 Å². The molecule has 0 aliphatic rings. The first-order chi connectivity index (χ1) is 31.2. The second-order valence-corrected chi connectivity index (χ2v) is 26.9. The number of benzene rings is 1. The van der Waals surface area contributed by atoms with E-state index >= 15 is 0 Å². The van der Waals surface area contributed by atoms with Crippen LogP contribution < -0.4 is 0 Å². The van der Waals surface area contributed by atoms with Crippen molar-refractivity contribution in [2.45, 2.75) is 204 Å². The summed E-state index contributed by atoms with van der Waals surface area (Å²) in [7, 11) is 0.